The van der Waals surface area contributed by atoms with Crippen LogP contribution >= 0.6 is 0 Å². The molecule has 1 heterocycles. The Hall–Kier alpha value is -5.48. The number of fused-ring (bicyclic) bond motifs is 1. The molecule has 0 unspecified atom stereocenters. The molecule has 4 aromatic carbocycles. The average molecular weight is 620 g/mol. The van der Waals surface area contributed by atoms with Gasteiger partial charge in [0.05, 0.1) is 35.9 Å². The predicted molar refractivity (Wildman–Crippen MR) is 162 cm³/mol. The van der Waals surface area contributed by atoms with E-state index in [-0.39, 0.29) is 11.6 Å². The molecule has 0 bridgehead atoms. The molecule has 0 amide bonds. The summed E-state index contributed by atoms with van der Waals surface area (Å²) in [6.45, 7) is 0. The molecule has 0 fully saturated rings. The average Bonchev–Trinajstić information content (AvgIpc) is 3.00. The maximum Gasteiger partial charge on any atom is 0.416 e. The number of anilines is 5. The van der Waals surface area contributed by atoms with E-state index in [4.69, 9.17) is 15.9 Å². The van der Waals surface area contributed by atoms with Crippen LogP contribution in [0.5, 0.6) is 11.5 Å². The van der Waals surface area contributed by atoms with Gasteiger partial charge in [-0.15, -0.1) is 6.42 Å². The van der Waals surface area contributed by atoms with Crippen molar-refractivity contribution in [1.29, 1.82) is 0 Å². The molecule has 5 aromatic rings. The smallest absolute Gasteiger partial charge is 0.416 e. The Bertz CT molecular complexity index is 2010. The summed E-state index contributed by atoms with van der Waals surface area (Å²) in [5, 5.41) is 6.93. The van der Waals surface area contributed by atoms with Crippen molar-refractivity contribution >= 4 is 49.8 Å². The van der Waals surface area contributed by atoms with Crippen LogP contribution in [0.25, 0.3) is 10.9 Å². The minimum absolute atomic E-state index is 0.101. The van der Waals surface area contributed by atoms with Crippen LogP contribution in [0.4, 0.5) is 42.0 Å². The molecule has 0 saturated carbocycles. The zero-order chi connectivity index (χ0) is 31.5. The van der Waals surface area contributed by atoms with Gasteiger partial charge < -0.3 is 20.1 Å². The van der Waals surface area contributed by atoms with Crippen molar-refractivity contribution in [3.8, 4) is 23.8 Å². The van der Waals surface area contributed by atoms with Crippen LogP contribution in [0, 0.1) is 12.3 Å². The molecule has 0 spiro atoms. The molecule has 0 atom stereocenters. The standard InChI is InChI=1S/C31H24F3N5O4S/c1-4-19-8-5-10-21(14-19)35-29-25-17-27(42-2)28(43-3)18-26(25)37-30(38-29)36-22-11-7-12-23(16-22)39-44(40,41)24-13-6-9-20(15-24)31(32,33)34/h1,5-18,39H,2-3H3,(H2,35,36,37,38). The first-order chi connectivity index (χ1) is 21.0. The number of nitrogens with zero attached hydrogens (tertiary/aromatic N) is 2. The first-order valence-electron chi connectivity index (χ1n) is 12.8. The predicted octanol–water partition coefficient (Wildman–Crippen LogP) is 6.94. The zero-order valence-electron chi connectivity index (χ0n) is 23.2. The highest BCUT2D eigenvalue weighted by Gasteiger charge is 2.31. The van der Waals surface area contributed by atoms with E-state index >= 15 is 0 Å². The third-order valence-corrected chi connectivity index (χ3v) is 7.71. The minimum Gasteiger partial charge on any atom is -0.493 e. The first kappa shape index (κ1) is 30.0. The number of methoxy groups -OCH3 is 2. The van der Waals surface area contributed by atoms with Crippen LogP contribution in [-0.4, -0.2) is 32.6 Å². The summed E-state index contributed by atoms with van der Waals surface area (Å²) in [5.74, 6) is 4.05. The number of nitrogens with one attached hydrogen (secondary N) is 3. The number of terminal acetylenes is 1. The first-order valence-corrected chi connectivity index (χ1v) is 14.3. The van der Waals surface area contributed by atoms with E-state index in [9.17, 15) is 21.6 Å². The van der Waals surface area contributed by atoms with Crippen molar-refractivity contribution < 1.29 is 31.1 Å². The van der Waals surface area contributed by atoms with Gasteiger partial charge in [0.25, 0.3) is 10.0 Å². The Morgan fingerprint density at radius 3 is 2.16 bits per heavy atom. The number of aromatic nitrogens is 2. The van der Waals surface area contributed by atoms with Crippen LogP contribution in [0.1, 0.15) is 11.1 Å². The van der Waals surface area contributed by atoms with Crippen LogP contribution in [0.3, 0.4) is 0 Å². The highest BCUT2D eigenvalue weighted by atomic mass is 32.2. The molecule has 0 radical (unpaired) electrons. The van der Waals surface area contributed by atoms with Crippen molar-refractivity contribution in [3.05, 3.63) is 96.1 Å². The maximum absolute atomic E-state index is 13.1. The molecule has 0 aliphatic carbocycles. The summed E-state index contributed by atoms with van der Waals surface area (Å²) in [6, 6.07) is 20.2. The Labute approximate surface area is 251 Å². The lowest BCUT2D eigenvalue weighted by molar-refractivity contribution is -0.137. The number of rotatable bonds is 9. The fourth-order valence-corrected chi connectivity index (χ4v) is 5.37. The molecule has 9 nitrogen and oxygen atoms in total. The molecular formula is C31H24F3N5O4S. The number of sulfonamides is 1. The molecule has 1 aromatic heterocycles. The zero-order valence-corrected chi connectivity index (χ0v) is 24.0. The highest BCUT2D eigenvalue weighted by Crippen LogP contribution is 2.36. The van der Waals surface area contributed by atoms with Gasteiger partial charge in [-0.25, -0.2) is 13.4 Å². The van der Waals surface area contributed by atoms with Gasteiger partial charge in [-0.3, -0.25) is 4.72 Å². The Balaban J connectivity index is 1.49. The number of ether oxygens (including phenoxy) is 2. The van der Waals surface area contributed by atoms with Gasteiger partial charge in [-0.1, -0.05) is 24.1 Å². The lowest BCUT2D eigenvalue weighted by atomic mass is 10.2. The van der Waals surface area contributed by atoms with Crippen molar-refractivity contribution in [1.82, 2.24) is 9.97 Å². The Kier molecular flexibility index (Phi) is 8.19. The van der Waals surface area contributed by atoms with Gasteiger partial charge in [0.1, 0.15) is 5.82 Å². The molecule has 0 aliphatic heterocycles. The van der Waals surface area contributed by atoms with Crippen molar-refractivity contribution in [3.63, 3.8) is 0 Å². The van der Waals surface area contributed by atoms with E-state index in [1.165, 1.54) is 26.4 Å². The Morgan fingerprint density at radius 2 is 1.45 bits per heavy atom. The van der Waals surface area contributed by atoms with Crippen molar-refractivity contribution in [2.45, 2.75) is 11.1 Å². The number of halogens is 3. The fraction of sp³-hybridized carbons (Fsp3) is 0.0968. The second-order valence-electron chi connectivity index (χ2n) is 9.31. The number of benzene rings is 4. The van der Waals surface area contributed by atoms with E-state index in [1.807, 2.05) is 6.07 Å². The lowest BCUT2D eigenvalue weighted by Crippen LogP contribution is -2.14. The van der Waals surface area contributed by atoms with Crippen molar-refractivity contribution in [2.24, 2.45) is 0 Å². The fourth-order valence-electron chi connectivity index (χ4n) is 4.27. The van der Waals surface area contributed by atoms with Gasteiger partial charge in [0.2, 0.25) is 5.95 Å². The van der Waals surface area contributed by atoms with E-state index in [1.54, 1.807) is 42.5 Å². The summed E-state index contributed by atoms with van der Waals surface area (Å²) in [7, 11) is -1.32. The largest absolute Gasteiger partial charge is 0.493 e. The molecule has 3 N–H and O–H groups in total. The molecular weight excluding hydrogens is 595 g/mol. The summed E-state index contributed by atoms with van der Waals surface area (Å²) < 4.78 is 78.5. The quantitative estimate of drug-likeness (QED) is 0.152. The van der Waals surface area contributed by atoms with E-state index in [0.29, 0.717) is 51.2 Å². The molecule has 224 valence electrons. The van der Waals surface area contributed by atoms with E-state index < -0.39 is 26.7 Å². The van der Waals surface area contributed by atoms with Gasteiger partial charge >= 0.3 is 6.18 Å². The van der Waals surface area contributed by atoms with Crippen LogP contribution in [-0.2, 0) is 16.2 Å². The second-order valence-corrected chi connectivity index (χ2v) is 11.0. The summed E-state index contributed by atoms with van der Waals surface area (Å²) >= 11 is 0. The van der Waals surface area contributed by atoms with Gasteiger partial charge in [-0.2, -0.15) is 18.2 Å². The third-order valence-electron chi connectivity index (χ3n) is 6.34. The van der Waals surface area contributed by atoms with E-state index in [2.05, 4.69) is 31.2 Å². The summed E-state index contributed by atoms with van der Waals surface area (Å²) in [6.07, 6.45) is 0.866. The SMILES string of the molecule is C#Cc1cccc(Nc2nc(Nc3cccc(NS(=O)(=O)c4cccc(C(F)(F)F)c4)c3)nc3cc(OC)c(OC)cc23)c1. The summed E-state index contributed by atoms with van der Waals surface area (Å²) in [5.41, 5.74) is 1.26. The van der Waals surface area contributed by atoms with Crippen LogP contribution < -0.4 is 24.8 Å². The highest BCUT2D eigenvalue weighted by molar-refractivity contribution is 7.92. The second kappa shape index (κ2) is 12.0. The van der Waals surface area contributed by atoms with Gasteiger partial charge in [0.15, 0.2) is 11.5 Å². The molecule has 13 heteroatoms. The topological polar surface area (TPSA) is 114 Å². The van der Waals surface area contributed by atoms with Crippen LogP contribution in [0.2, 0.25) is 0 Å². The van der Waals surface area contributed by atoms with E-state index in [0.717, 1.165) is 18.2 Å². The summed E-state index contributed by atoms with van der Waals surface area (Å²) in [4.78, 5) is 8.71. The van der Waals surface area contributed by atoms with Crippen LogP contribution in [0.15, 0.2) is 89.8 Å². The monoisotopic (exact) mass is 619 g/mol. The maximum atomic E-state index is 13.1. The molecule has 0 aliphatic rings. The van der Waals surface area contributed by atoms with Gasteiger partial charge in [-0.05, 0) is 60.7 Å². The van der Waals surface area contributed by atoms with Crippen molar-refractivity contribution in [2.75, 3.05) is 29.6 Å². The third kappa shape index (κ3) is 6.61. The molecule has 44 heavy (non-hydrogen) atoms. The minimum atomic E-state index is -4.69. The van der Waals surface area contributed by atoms with Gasteiger partial charge in [0, 0.05) is 28.4 Å². The lowest BCUT2D eigenvalue weighted by Gasteiger charge is -2.15. The number of hydrogen-bond acceptors (Lipinski definition) is 8. The normalized spacial score (nSPS) is 11.5. The number of hydrogen-bond donors (Lipinski definition) is 3. The molecule has 0 saturated heterocycles. The molecule has 5 rings (SSSR count). The number of alkyl halides is 3. The Morgan fingerprint density at radius 1 is 0.795 bits per heavy atom.